The molecule has 7 heteroatoms. The van der Waals surface area contributed by atoms with Gasteiger partial charge in [-0.25, -0.2) is 14.2 Å². The zero-order chi connectivity index (χ0) is 12.4. The van der Waals surface area contributed by atoms with Crippen LogP contribution in [0, 0.1) is 6.92 Å². The van der Waals surface area contributed by atoms with E-state index in [1.54, 1.807) is 19.1 Å². The zero-order valence-corrected chi connectivity index (χ0v) is 8.96. The van der Waals surface area contributed by atoms with E-state index in [-0.39, 0.29) is 5.69 Å². The molecule has 2 aromatic heterocycles. The highest BCUT2D eigenvalue weighted by molar-refractivity contribution is 5.86. The molecule has 2 rings (SSSR count). The van der Waals surface area contributed by atoms with Crippen LogP contribution in [0.5, 0.6) is 0 Å². The molecule has 0 saturated carbocycles. The smallest absolute Gasteiger partial charge is 0.358 e. The van der Waals surface area contributed by atoms with Crippen LogP contribution in [0.2, 0.25) is 0 Å². The molecular weight excluding hydrogens is 227 g/mol. The van der Waals surface area contributed by atoms with Gasteiger partial charge in [0.1, 0.15) is 6.67 Å². The van der Waals surface area contributed by atoms with E-state index in [9.17, 15) is 9.18 Å². The van der Waals surface area contributed by atoms with E-state index in [0.29, 0.717) is 17.1 Å². The van der Waals surface area contributed by atoms with Crippen molar-refractivity contribution in [1.29, 1.82) is 0 Å². The lowest BCUT2D eigenvalue weighted by Gasteiger charge is -2.02. The molecule has 1 N–H and O–H groups in total. The first-order valence-electron chi connectivity index (χ1n) is 4.80. The Morgan fingerprint density at radius 1 is 1.53 bits per heavy atom. The molecule has 0 atom stereocenters. The van der Waals surface area contributed by atoms with Gasteiger partial charge >= 0.3 is 5.97 Å². The average molecular weight is 236 g/mol. The summed E-state index contributed by atoms with van der Waals surface area (Å²) in [6.45, 7) is 0.984. The third kappa shape index (κ3) is 1.99. The molecule has 0 unspecified atom stereocenters. The van der Waals surface area contributed by atoms with Crippen molar-refractivity contribution < 1.29 is 14.3 Å². The standard InChI is InChI=1S/C10H9FN4O2/c1-6-9(10(16)17)13-14-15(6)8-3-2-7(4-11)5-12-8/h2-3,5H,4H2,1H3,(H,16,17). The molecule has 0 fully saturated rings. The number of hydrogen-bond donors (Lipinski definition) is 1. The number of nitrogens with zero attached hydrogens (tertiary/aromatic N) is 4. The summed E-state index contributed by atoms with van der Waals surface area (Å²) in [6.07, 6.45) is 1.37. The summed E-state index contributed by atoms with van der Waals surface area (Å²) in [5.41, 5.74) is 0.698. The lowest BCUT2D eigenvalue weighted by molar-refractivity contribution is 0.0689. The third-order valence-electron chi connectivity index (χ3n) is 2.28. The van der Waals surface area contributed by atoms with Gasteiger partial charge in [-0.3, -0.25) is 0 Å². The minimum atomic E-state index is -1.14. The first-order valence-corrected chi connectivity index (χ1v) is 4.80. The summed E-state index contributed by atoms with van der Waals surface area (Å²) in [6, 6.07) is 3.12. The highest BCUT2D eigenvalue weighted by Crippen LogP contribution is 2.11. The third-order valence-corrected chi connectivity index (χ3v) is 2.28. The molecule has 88 valence electrons. The molecule has 0 radical (unpaired) electrons. The number of alkyl halides is 1. The number of rotatable bonds is 3. The first-order chi connectivity index (χ1) is 8.13. The maximum atomic E-state index is 12.3. The van der Waals surface area contributed by atoms with Gasteiger partial charge < -0.3 is 5.11 Å². The van der Waals surface area contributed by atoms with Crippen LogP contribution in [0.15, 0.2) is 18.3 Å². The SMILES string of the molecule is Cc1c(C(=O)O)nnn1-c1ccc(CF)cn1. The predicted molar refractivity (Wildman–Crippen MR) is 55.7 cm³/mol. The Morgan fingerprint density at radius 2 is 2.29 bits per heavy atom. The fourth-order valence-corrected chi connectivity index (χ4v) is 1.37. The fraction of sp³-hybridized carbons (Fsp3) is 0.200. The highest BCUT2D eigenvalue weighted by atomic mass is 19.1. The molecule has 0 bridgehead atoms. The van der Waals surface area contributed by atoms with Gasteiger partial charge in [0, 0.05) is 11.8 Å². The Morgan fingerprint density at radius 3 is 2.76 bits per heavy atom. The summed E-state index contributed by atoms with van der Waals surface area (Å²) < 4.78 is 13.6. The number of carbonyl (C=O) groups is 1. The number of halogens is 1. The Hall–Kier alpha value is -2.31. The van der Waals surface area contributed by atoms with Crippen LogP contribution in [0.25, 0.3) is 5.82 Å². The van der Waals surface area contributed by atoms with E-state index in [0.717, 1.165) is 0 Å². The van der Waals surface area contributed by atoms with Crippen LogP contribution in [0.1, 0.15) is 21.7 Å². The Bertz CT molecular complexity index is 550. The van der Waals surface area contributed by atoms with Crippen molar-refractivity contribution >= 4 is 5.97 Å². The molecule has 17 heavy (non-hydrogen) atoms. The highest BCUT2D eigenvalue weighted by Gasteiger charge is 2.16. The topological polar surface area (TPSA) is 80.9 Å². The lowest BCUT2D eigenvalue weighted by atomic mass is 10.3. The predicted octanol–water partition coefficient (Wildman–Crippen LogP) is 1.14. The number of carboxylic acid groups (broad SMARTS) is 1. The van der Waals surface area contributed by atoms with Gasteiger partial charge in [-0.05, 0) is 13.0 Å². The quantitative estimate of drug-likeness (QED) is 0.864. The van der Waals surface area contributed by atoms with E-state index in [1.165, 1.54) is 10.9 Å². The molecule has 0 saturated heterocycles. The molecule has 6 nitrogen and oxygen atoms in total. The molecule has 2 aromatic rings. The van der Waals surface area contributed by atoms with Crippen molar-refractivity contribution in [3.8, 4) is 5.82 Å². The Balaban J connectivity index is 2.42. The fourth-order valence-electron chi connectivity index (χ4n) is 1.37. The molecule has 0 spiro atoms. The van der Waals surface area contributed by atoms with Crippen molar-refractivity contribution in [1.82, 2.24) is 20.0 Å². The van der Waals surface area contributed by atoms with Gasteiger partial charge in [-0.1, -0.05) is 11.3 Å². The van der Waals surface area contributed by atoms with Crippen molar-refractivity contribution in [2.75, 3.05) is 0 Å². The second kappa shape index (κ2) is 4.28. The van der Waals surface area contributed by atoms with Gasteiger partial charge in [-0.2, -0.15) is 4.68 Å². The summed E-state index contributed by atoms with van der Waals surface area (Å²) >= 11 is 0. The van der Waals surface area contributed by atoms with E-state index >= 15 is 0 Å². The van der Waals surface area contributed by atoms with E-state index < -0.39 is 12.6 Å². The number of pyridine rings is 1. The molecule has 0 aromatic carbocycles. The largest absolute Gasteiger partial charge is 0.476 e. The van der Waals surface area contributed by atoms with E-state index in [1.807, 2.05) is 0 Å². The molecule has 0 aliphatic carbocycles. The van der Waals surface area contributed by atoms with E-state index in [2.05, 4.69) is 15.3 Å². The average Bonchev–Trinajstić information content (AvgIpc) is 2.71. The first kappa shape index (κ1) is 11.2. The molecule has 0 aliphatic heterocycles. The van der Waals surface area contributed by atoms with E-state index in [4.69, 9.17) is 5.11 Å². The molecule has 0 amide bonds. The monoisotopic (exact) mass is 236 g/mol. The number of aromatic nitrogens is 4. The molecular formula is C10H9FN4O2. The number of carboxylic acids is 1. The van der Waals surface area contributed by atoms with Crippen LogP contribution in [0.4, 0.5) is 4.39 Å². The second-order valence-electron chi connectivity index (χ2n) is 3.40. The number of hydrogen-bond acceptors (Lipinski definition) is 4. The zero-order valence-electron chi connectivity index (χ0n) is 8.96. The van der Waals surface area contributed by atoms with Crippen LogP contribution in [-0.4, -0.2) is 31.1 Å². The van der Waals surface area contributed by atoms with Gasteiger partial charge in [-0.15, -0.1) is 5.10 Å². The van der Waals surface area contributed by atoms with Crippen LogP contribution < -0.4 is 0 Å². The van der Waals surface area contributed by atoms with Crippen molar-refractivity contribution in [2.24, 2.45) is 0 Å². The van der Waals surface area contributed by atoms with Crippen LogP contribution in [0.3, 0.4) is 0 Å². The van der Waals surface area contributed by atoms with Crippen molar-refractivity contribution in [3.05, 3.63) is 35.3 Å². The maximum Gasteiger partial charge on any atom is 0.358 e. The Kier molecular flexibility index (Phi) is 2.82. The van der Waals surface area contributed by atoms with Crippen LogP contribution in [-0.2, 0) is 6.67 Å². The summed E-state index contributed by atoms with van der Waals surface area (Å²) in [4.78, 5) is 14.8. The number of aromatic carboxylic acids is 1. The minimum Gasteiger partial charge on any atom is -0.476 e. The van der Waals surface area contributed by atoms with Gasteiger partial charge in [0.05, 0.1) is 5.69 Å². The van der Waals surface area contributed by atoms with Crippen molar-refractivity contribution in [2.45, 2.75) is 13.6 Å². The lowest BCUT2D eigenvalue weighted by Crippen LogP contribution is -2.04. The summed E-state index contributed by atoms with van der Waals surface area (Å²) in [7, 11) is 0. The van der Waals surface area contributed by atoms with Crippen LogP contribution >= 0.6 is 0 Å². The Labute approximate surface area is 95.7 Å². The van der Waals surface area contributed by atoms with Gasteiger partial charge in [0.2, 0.25) is 0 Å². The van der Waals surface area contributed by atoms with Gasteiger partial charge in [0.15, 0.2) is 11.5 Å². The molecule has 0 aliphatic rings. The van der Waals surface area contributed by atoms with Gasteiger partial charge in [0.25, 0.3) is 0 Å². The molecule has 2 heterocycles. The normalized spacial score (nSPS) is 10.5. The summed E-state index contributed by atoms with van der Waals surface area (Å²) in [5.74, 6) is -0.742. The minimum absolute atomic E-state index is 0.124. The second-order valence-corrected chi connectivity index (χ2v) is 3.40. The van der Waals surface area contributed by atoms with Crippen molar-refractivity contribution in [3.63, 3.8) is 0 Å². The maximum absolute atomic E-state index is 12.3. The summed E-state index contributed by atoms with van der Waals surface area (Å²) in [5, 5.41) is 16.0.